The molecule has 1 spiro atoms. The van der Waals surface area contributed by atoms with Gasteiger partial charge in [0.15, 0.2) is 6.10 Å². The van der Waals surface area contributed by atoms with Crippen LogP contribution in [0.25, 0.3) is 0 Å². The van der Waals surface area contributed by atoms with Crippen molar-refractivity contribution in [1.82, 2.24) is 0 Å². The van der Waals surface area contributed by atoms with Gasteiger partial charge in [-0.15, -0.1) is 0 Å². The number of fused-ring (bicyclic) bond motifs is 3. The molecule has 0 aromatic carbocycles. The molecule has 0 radical (unpaired) electrons. The van der Waals surface area contributed by atoms with Crippen LogP contribution in [0, 0.1) is 39.4 Å². The molecule has 202 valence electrons. The summed E-state index contributed by atoms with van der Waals surface area (Å²) in [6.07, 6.45) is 0.324. The van der Waals surface area contributed by atoms with E-state index in [0.717, 1.165) is 19.3 Å². The van der Waals surface area contributed by atoms with E-state index in [0.29, 0.717) is 26.1 Å². The number of aliphatic hydroxyl groups is 2. The number of cyclic esters (lactones) is 1. The summed E-state index contributed by atoms with van der Waals surface area (Å²) in [5.74, 6) is -0.731. The molecule has 6 fully saturated rings. The molecular formula is C28H42O8. The van der Waals surface area contributed by atoms with E-state index in [9.17, 15) is 19.8 Å². The highest BCUT2D eigenvalue weighted by atomic mass is 16.7. The van der Waals surface area contributed by atoms with Gasteiger partial charge in [0, 0.05) is 42.1 Å². The fourth-order valence-corrected chi connectivity index (χ4v) is 10.4. The Balaban J connectivity index is 1.52. The standard InChI is InChI=1S/C28H42O8/c1-14(29)34-20-11-17-24(2,3)18(30)12-19(31)26(17,5)16-7-9-25(4)21(15-8-10-33-13-15)35-23(32)22-28(25,36-22)27(16,20)6/h15-22,30-31H,7-13H2,1-6H3/t15?,16?,17?,18-,19+,20-,21+,22-,25+,26-,27+,28?/m1/s1. The average Bonchev–Trinajstić information content (AvgIpc) is 3.36. The zero-order valence-corrected chi connectivity index (χ0v) is 22.4. The minimum Gasteiger partial charge on any atom is -0.462 e. The number of hydrogen-bond acceptors (Lipinski definition) is 8. The molecule has 8 heteroatoms. The van der Waals surface area contributed by atoms with Crippen molar-refractivity contribution in [3.8, 4) is 0 Å². The predicted octanol–water partition coefficient (Wildman–Crippen LogP) is 2.62. The monoisotopic (exact) mass is 506 g/mol. The second kappa shape index (κ2) is 7.45. The normalized spacial score (nSPS) is 56.9. The first-order valence-electron chi connectivity index (χ1n) is 13.8. The summed E-state index contributed by atoms with van der Waals surface area (Å²) in [4.78, 5) is 25.8. The van der Waals surface area contributed by atoms with Gasteiger partial charge in [-0.2, -0.15) is 0 Å². The van der Waals surface area contributed by atoms with Gasteiger partial charge in [0.2, 0.25) is 0 Å². The molecule has 0 bridgehead atoms. The van der Waals surface area contributed by atoms with E-state index in [1.807, 2.05) is 0 Å². The molecule has 4 unspecified atom stereocenters. The lowest BCUT2D eigenvalue weighted by Crippen LogP contribution is -2.76. The van der Waals surface area contributed by atoms with Crippen molar-refractivity contribution in [3.05, 3.63) is 0 Å². The first kappa shape index (κ1) is 25.1. The molecule has 0 amide bonds. The van der Waals surface area contributed by atoms with Gasteiger partial charge < -0.3 is 29.2 Å². The molecule has 3 heterocycles. The fraction of sp³-hybridized carbons (Fsp3) is 0.929. The Kier molecular flexibility index (Phi) is 5.19. The number of ether oxygens (including phenoxy) is 4. The molecule has 12 atom stereocenters. The summed E-state index contributed by atoms with van der Waals surface area (Å²) in [7, 11) is 0. The lowest BCUT2D eigenvalue weighted by molar-refractivity contribution is -0.297. The van der Waals surface area contributed by atoms with Crippen LogP contribution in [0.2, 0.25) is 0 Å². The minimum absolute atomic E-state index is 0.0701. The number of esters is 2. The van der Waals surface area contributed by atoms with E-state index in [2.05, 4.69) is 34.6 Å². The number of carbonyl (C=O) groups excluding carboxylic acids is 2. The number of aliphatic hydroxyl groups excluding tert-OH is 2. The number of carbonyl (C=O) groups is 2. The molecule has 3 aliphatic heterocycles. The topological polar surface area (TPSA) is 115 Å². The summed E-state index contributed by atoms with van der Waals surface area (Å²) in [5.41, 5.74) is -3.03. The molecular weight excluding hydrogens is 464 g/mol. The number of hydrogen-bond donors (Lipinski definition) is 2. The van der Waals surface area contributed by atoms with E-state index in [-0.39, 0.29) is 35.8 Å². The smallest absolute Gasteiger partial charge is 0.338 e. The summed E-state index contributed by atoms with van der Waals surface area (Å²) >= 11 is 0. The summed E-state index contributed by atoms with van der Waals surface area (Å²) in [6.45, 7) is 13.3. The van der Waals surface area contributed by atoms with Crippen LogP contribution < -0.4 is 0 Å². The van der Waals surface area contributed by atoms with E-state index < -0.39 is 51.7 Å². The Bertz CT molecular complexity index is 975. The quantitative estimate of drug-likeness (QED) is 0.434. The number of rotatable bonds is 2. The second-order valence-corrected chi connectivity index (χ2v) is 13.8. The number of epoxide rings is 1. The molecule has 8 nitrogen and oxygen atoms in total. The van der Waals surface area contributed by atoms with Crippen molar-refractivity contribution in [2.75, 3.05) is 13.2 Å². The van der Waals surface area contributed by atoms with E-state index in [1.165, 1.54) is 6.92 Å². The zero-order chi connectivity index (χ0) is 26.1. The molecule has 0 aromatic heterocycles. The van der Waals surface area contributed by atoms with Crippen molar-refractivity contribution in [1.29, 1.82) is 0 Å². The van der Waals surface area contributed by atoms with E-state index in [1.54, 1.807) is 0 Å². The largest absolute Gasteiger partial charge is 0.462 e. The highest BCUT2D eigenvalue weighted by Gasteiger charge is 2.89. The average molecular weight is 507 g/mol. The van der Waals surface area contributed by atoms with Gasteiger partial charge in [-0.25, -0.2) is 4.79 Å². The van der Waals surface area contributed by atoms with Gasteiger partial charge in [0.1, 0.15) is 17.8 Å². The van der Waals surface area contributed by atoms with Gasteiger partial charge in [-0.3, -0.25) is 4.79 Å². The van der Waals surface area contributed by atoms with Crippen LogP contribution in [0.4, 0.5) is 0 Å². The Morgan fingerprint density at radius 3 is 2.39 bits per heavy atom. The van der Waals surface area contributed by atoms with E-state index in [4.69, 9.17) is 18.9 Å². The lowest BCUT2D eigenvalue weighted by atomic mass is 9.34. The van der Waals surface area contributed by atoms with Crippen molar-refractivity contribution in [2.45, 2.75) is 110 Å². The molecule has 3 aliphatic carbocycles. The van der Waals surface area contributed by atoms with Crippen molar-refractivity contribution >= 4 is 11.9 Å². The third kappa shape index (κ3) is 2.70. The van der Waals surface area contributed by atoms with Crippen LogP contribution in [0.3, 0.4) is 0 Å². The van der Waals surface area contributed by atoms with Gasteiger partial charge >= 0.3 is 11.9 Å². The first-order chi connectivity index (χ1) is 16.8. The Labute approximate surface area is 213 Å². The van der Waals surface area contributed by atoms with Crippen molar-refractivity contribution < 1.29 is 38.7 Å². The third-order valence-electron chi connectivity index (χ3n) is 12.3. The maximum atomic E-state index is 13.3. The van der Waals surface area contributed by atoms with E-state index >= 15 is 0 Å². The lowest BCUT2D eigenvalue weighted by Gasteiger charge is -2.71. The second-order valence-electron chi connectivity index (χ2n) is 13.8. The predicted molar refractivity (Wildman–Crippen MR) is 128 cm³/mol. The van der Waals surface area contributed by atoms with Crippen molar-refractivity contribution in [2.24, 2.45) is 39.4 Å². The highest BCUT2D eigenvalue weighted by Crippen LogP contribution is 2.79. The Morgan fingerprint density at radius 2 is 1.75 bits per heavy atom. The van der Waals surface area contributed by atoms with Crippen LogP contribution >= 0.6 is 0 Å². The Morgan fingerprint density at radius 1 is 1.03 bits per heavy atom. The summed E-state index contributed by atoms with van der Waals surface area (Å²) in [5, 5.41) is 22.6. The van der Waals surface area contributed by atoms with Gasteiger partial charge in [0.05, 0.1) is 18.8 Å². The van der Waals surface area contributed by atoms with Crippen LogP contribution in [0.15, 0.2) is 0 Å². The van der Waals surface area contributed by atoms with Gasteiger partial charge in [0.25, 0.3) is 0 Å². The molecule has 3 saturated heterocycles. The fourth-order valence-electron chi connectivity index (χ4n) is 10.4. The maximum absolute atomic E-state index is 13.3. The van der Waals surface area contributed by atoms with Gasteiger partial charge in [-0.05, 0) is 42.9 Å². The molecule has 6 aliphatic rings. The summed E-state index contributed by atoms with van der Waals surface area (Å²) < 4.78 is 24.5. The third-order valence-corrected chi connectivity index (χ3v) is 12.3. The zero-order valence-electron chi connectivity index (χ0n) is 22.4. The Hall–Kier alpha value is -1.22. The summed E-state index contributed by atoms with van der Waals surface area (Å²) in [6, 6.07) is 0. The molecule has 36 heavy (non-hydrogen) atoms. The highest BCUT2D eigenvalue weighted by molar-refractivity contribution is 5.82. The molecule has 2 N–H and O–H groups in total. The SMILES string of the molecule is CC(=O)O[C@@H]1CC2C(C)(C)[C@H](O)C[C@H](O)[C@]2(C)C2CC[C@@]3(C)[C@H](C4CCOC4)OC(=O)[C@H]4OC43[C@@]21C. The van der Waals surface area contributed by atoms with Crippen LogP contribution in [-0.4, -0.2) is 71.5 Å². The molecule has 6 rings (SSSR count). The minimum atomic E-state index is -0.848. The maximum Gasteiger partial charge on any atom is 0.338 e. The van der Waals surface area contributed by atoms with Crippen LogP contribution in [0.5, 0.6) is 0 Å². The molecule has 0 aromatic rings. The first-order valence-corrected chi connectivity index (χ1v) is 13.8. The van der Waals surface area contributed by atoms with Gasteiger partial charge in [-0.1, -0.05) is 34.6 Å². The molecule has 3 saturated carbocycles. The van der Waals surface area contributed by atoms with Crippen molar-refractivity contribution in [3.63, 3.8) is 0 Å². The van der Waals surface area contributed by atoms with Crippen LogP contribution in [0.1, 0.15) is 73.6 Å². The van der Waals surface area contributed by atoms with Crippen LogP contribution in [-0.2, 0) is 28.5 Å².